The fourth-order valence-electron chi connectivity index (χ4n) is 3.35. The number of benzene rings is 2. The predicted molar refractivity (Wildman–Crippen MR) is 125 cm³/mol. The molecule has 30 heavy (non-hydrogen) atoms. The van der Waals surface area contributed by atoms with Crippen molar-refractivity contribution >= 4 is 0 Å². The number of unbranched alkanes of at least 4 members (excludes halogenated alkanes) is 7. The van der Waals surface area contributed by atoms with Gasteiger partial charge in [0.05, 0.1) is 13.2 Å². The largest absolute Gasteiger partial charge is 0.377 e. The minimum absolute atomic E-state index is 0.646. The monoisotopic (exact) mass is 402 g/mol. The summed E-state index contributed by atoms with van der Waals surface area (Å²) in [6.45, 7) is 2.93. The van der Waals surface area contributed by atoms with Crippen molar-refractivity contribution in [3.05, 3.63) is 70.8 Å². The van der Waals surface area contributed by atoms with Crippen LogP contribution in [-0.4, -0.2) is 13.2 Å². The van der Waals surface area contributed by atoms with Gasteiger partial charge in [0, 0.05) is 24.3 Å². The third-order valence-corrected chi connectivity index (χ3v) is 5.05. The Morgan fingerprint density at radius 2 is 0.967 bits per heavy atom. The van der Waals surface area contributed by atoms with E-state index in [0.29, 0.717) is 13.2 Å². The van der Waals surface area contributed by atoms with Crippen LogP contribution >= 0.6 is 0 Å². The van der Waals surface area contributed by atoms with Crippen molar-refractivity contribution in [2.24, 2.45) is 0 Å². The fraction of sp³-hybridized carbons (Fsp3) is 0.429. The third kappa shape index (κ3) is 10.3. The quantitative estimate of drug-likeness (QED) is 0.250. The minimum atomic E-state index is 0.646. The normalized spacial score (nSPS) is 10.5. The van der Waals surface area contributed by atoms with Gasteiger partial charge in [-0.05, 0) is 48.2 Å². The zero-order chi connectivity index (χ0) is 21.3. The van der Waals surface area contributed by atoms with E-state index in [1.807, 2.05) is 36.4 Å². The second-order valence-corrected chi connectivity index (χ2v) is 7.62. The lowest BCUT2D eigenvalue weighted by Gasteiger charge is -2.06. The standard InChI is InChI=1S/C28H34O2/c1-3-25-15-13-17-27(21-25)23-29-19-11-9-7-5-6-8-10-12-20-30-24-28-18-14-16-26(4-2)22-28/h1-2,13-18,21-22H,5-12,19-20,23-24H2. The van der Waals surface area contributed by atoms with Crippen molar-refractivity contribution in [2.75, 3.05) is 13.2 Å². The number of terminal acetylenes is 2. The molecule has 0 unspecified atom stereocenters. The minimum Gasteiger partial charge on any atom is -0.377 e. The molecule has 0 saturated heterocycles. The van der Waals surface area contributed by atoms with Crippen LogP contribution in [0.5, 0.6) is 0 Å². The zero-order valence-electron chi connectivity index (χ0n) is 18.1. The van der Waals surface area contributed by atoms with Crippen molar-refractivity contribution in [1.82, 2.24) is 0 Å². The van der Waals surface area contributed by atoms with Crippen LogP contribution in [0.3, 0.4) is 0 Å². The molecule has 0 fully saturated rings. The Morgan fingerprint density at radius 3 is 1.37 bits per heavy atom. The fourth-order valence-corrected chi connectivity index (χ4v) is 3.35. The molecule has 0 aliphatic heterocycles. The van der Waals surface area contributed by atoms with Gasteiger partial charge in [0.15, 0.2) is 0 Å². The van der Waals surface area contributed by atoms with Crippen molar-refractivity contribution in [3.63, 3.8) is 0 Å². The highest BCUT2D eigenvalue weighted by Crippen LogP contribution is 2.11. The molecule has 2 aromatic rings. The second-order valence-electron chi connectivity index (χ2n) is 7.62. The zero-order valence-corrected chi connectivity index (χ0v) is 18.1. The summed E-state index contributed by atoms with van der Waals surface area (Å²) in [4.78, 5) is 0. The van der Waals surface area contributed by atoms with Crippen LogP contribution in [0.2, 0.25) is 0 Å². The number of ether oxygens (including phenoxy) is 2. The molecular formula is C28H34O2. The van der Waals surface area contributed by atoms with Gasteiger partial charge in [0.1, 0.15) is 0 Å². The number of rotatable bonds is 15. The Hall–Kier alpha value is -2.52. The lowest BCUT2D eigenvalue weighted by Crippen LogP contribution is -1.96. The highest BCUT2D eigenvalue weighted by Gasteiger charge is 1.97. The Morgan fingerprint density at radius 1 is 0.567 bits per heavy atom. The first-order chi connectivity index (χ1) is 14.8. The van der Waals surface area contributed by atoms with E-state index in [2.05, 4.69) is 24.0 Å². The van der Waals surface area contributed by atoms with Crippen molar-refractivity contribution < 1.29 is 9.47 Å². The summed E-state index contributed by atoms with van der Waals surface area (Å²) in [6, 6.07) is 16.0. The maximum absolute atomic E-state index is 5.75. The van der Waals surface area contributed by atoms with Crippen LogP contribution in [0, 0.1) is 24.7 Å². The highest BCUT2D eigenvalue weighted by molar-refractivity contribution is 5.35. The van der Waals surface area contributed by atoms with Crippen molar-refractivity contribution in [2.45, 2.75) is 64.6 Å². The van der Waals surface area contributed by atoms with Crippen LogP contribution in [0.1, 0.15) is 73.6 Å². The molecule has 0 heterocycles. The van der Waals surface area contributed by atoms with Crippen LogP contribution in [0.4, 0.5) is 0 Å². The molecule has 0 aromatic heterocycles. The molecule has 0 spiro atoms. The Labute approximate surface area is 183 Å². The van der Waals surface area contributed by atoms with E-state index in [4.69, 9.17) is 22.3 Å². The van der Waals surface area contributed by atoms with Gasteiger partial charge in [-0.15, -0.1) is 12.8 Å². The van der Waals surface area contributed by atoms with Gasteiger partial charge in [0.25, 0.3) is 0 Å². The maximum atomic E-state index is 5.75. The lowest BCUT2D eigenvalue weighted by atomic mass is 10.1. The van der Waals surface area contributed by atoms with Crippen LogP contribution in [0.15, 0.2) is 48.5 Å². The third-order valence-electron chi connectivity index (χ3n) is 5.05. The van der Waals surface area contributed by atoms with Crippen LogP contribution in [0.25, 0.3) is 0 Å². The van der Waals surface area contributed by atoms with E-state index in [0.717, 1.165) is 48.3 Å². The van der Waals surface area contributed by atoms with Crippen LogP contribution < -0.4 is 0 Å². The van der Waals surface area contributed by atoms with E-state index in [9.17, 15) is 0 Å². The van der Waals surface area contributed by atoms with E-state index in [1.54, 1.807) is 0 Å². The first-order valence-electron chi connectivity index (χ1n) is 11.1. The van der Waals surface area contributed by atoms with Gasteiger partial charge in [0.2, 0.25) is 0 Å². The summed E-state index contributed by atoms with van der Waals surface area (Å²) in [5.41, 5.74) is 4.13. The highest BCUT2D eigenvalue weighted by atomic mass is 16.5. The van der Waals surface area contributed by atoms with Gasteiger partial charge in [-0.3, -0.25) is 0 Å². The summed E-state index contributed by atoms with van der Waals surface area (Å²) in [6.07, 6.45) is 20.8. The lowest BCUT2D eigenvalue weighted by molar-refractivity contribution is 0.116. The molecular weight excluding hydrogens is 368 g/mol. The van der Waals surface area contributed by atoms with E-state index < -0.39 is 0 Å². The van der Waals surface area contributed by atoms with Crippen molar-refractivity contribution in [3.8, 4) is 24.7 Å². The second kappa shape index (κ2) is 15.3. The van der Waals surface area contributed by atoms with E-state index in [-0.39, 0.29) is 0 Å². The van der Waals surface area contributed by atoms with Gasteiger partial charge in [-0.2, -0.15) is 0 Å². The van der Waals surface area contributed by atoms with E-state index >= 15 is 0 Å². The summed E-state index contributed by atoms with van der Waals surface area (Å²) < 4.78 is 11.5. The molecule has 0 aliphatic rings. The topological polar surface area (TPSA) is 18.5 Å². The maximum Gasteiger partial charge on any atom is 0.0717 e. The molecule has 0 N–H and O–H groups in total. The molecule has 2 heteroatoms. The molecule has 2 rings (SSSR count). The molecule has 2 aromatic carbocycles. The van der Waals surface area contributed by atoms with Gasteiger partial charge in [-0.25, -0.2) is 0 Å². The first-order valence-corrected chi connectivity index (χ1v) is 11.1. The molecule has 0 amide bonds. The smallest absolute Gasteiger partial charge is 0.0717 e. The number of hydrogen-bond acceptors (Lipinski definition) is 2. The first kappa shape index (κ1) is 23.8. The summed E-state index contributed by atoms with van der Waals surface area (Å²) in [5, 5.41) is 0. The Kier molecular flexibility index (Phi) is 12.1. The van der Waals surface area contributed by atoms with Gasteiger partial charge < -0.3 is 9.47 Å². The van der Waals surface area contributed by atoms with Crippen molar-refractivity contribution in [1.29, 1.82) is 0 Å². The molecule has 2 nitrogen and oxygen atoms in total. The average molecular weight is 403 g/mol. The van der Waals surface area contributed by atoms with Crippen LogP contribution in [-0.2, 0) is 22.7 Å². The van der Waals surface area contributed by atoms with Gasteiger partial charge >= 0.3 is 0 Å². The molecule has 0 bridgehead atoms. The summed E-state index contributed by atoms with van der Waals surface area (Å²) in [7, 11) is 0. The SMILES string of the molecule is C#Cc1cccc(COCCCCCCCCCCOCc2cccc(C#C)c2)c1. The average Bonchev–Trinajstić information content (AvgIpc) is 2.79. The predicted octanol–water partition coefficient (Wildman–Crippen LogP) is 6.50. The molecule has 0 saturated carbocycles. The molecule has 0 radical (unpaired) electrons. The Balaban J connectivity index is 1.35. The van der Waals surface area contributed by atoms with Gasteiger partial charge in [-0.1, -0.05) is 74.6 Å². The summed E-state index contributed by atoms with van der Waals surface area (Å²) >= 11 is 0. The molecule has 0 atom stereocenters. The molecule has 158 valence electrons. The molecule has 0 aliphatic carbocycles. The van der Waals surface area contributed by atoms with E-state index in [1.165, 1.54) is 38.5 Å². The Bertz CT molecular complexity index is 740. The summed E-state index contributed by atoms with van der Waals surface area (Å²) in [5.74, 6) is 5.32. The number of hydrogen-bond donors (Lipinski definition) is 0.